The summed E-state index contributed by atoms with van der Waals surface area (Å²) in [6, 6.07) is 17.1. The molecule has 1 aliphatic carbocycles. The molecular weight excluding hydrogens is 793 g/mol. The maximum absolute atomic E-state index is 12.4. The fourth-order valence-corrected chi connectivity index (χ4v) is 10.2. The van der Waals surface area contributed by atoms with E-state index in [1.54, 1.807) is 0 Å². The maximum atomic E-state index is 12.4. The molecule has 1 aliphatic rings. The Morgan fingerprint density at radius 2 is 0.422 bits per heavy atom. The zero-order valence-corrected chi connectivity index (χ0v) is 41.2. The summed E-state index contributed by atoms with van der Waals surface area (Å²) in [5.41, 5.74) is 10.7. The van der Waals surface area contributed by atoms with Gasteiger partial charge in [0.05, 0.1) is 0 Å². The van der Waals surface area contributed by atoms with Crippen molar-refractivity contribution in [3.8, 4) is 23.0 Å². The molecule has 0 heterocycles. The Bertz CT molecular complexity index is 1670. The van der Waals surface area contributed by atoms with E-state index >= 15 is 0 Å². The quantitative estimate of drug-likeness (QED) is 0.0487. The van der Waals surface area contributed by atoms with E-state index < -0.39 is 0 Å². The number of rotatable bonds is 24. The van der Waals surface area contributed by atoms with Crippen LogP contribution in [0, 0.1) is 0 Å². The second kappa shape index (κ2) is 25.6. The zero-order valence-electron chi connectivity index (χ0n) is 41.2. The third-order valence-electron chi connectivity index (χ3n) is 12.8. The molecule has 64 heavy (non-hydrogen) atoms. The summed E-state index contributed by atoms with van der Waals surface area (Å²) >= 11 is 0. The molecule has 4 aromatic carbocycles. The monoisotopic (exact) mass is 877 g/mol. The van der Waals surface area contributed by atoms with Gasteiger partial charge in [-0.25, -0.2) is 0 Å². The third-order valence-corrected chi connectivity index (χ3v) is 12.8. The van der Waals surface area contributed by atoms with Crippen LogP contribution < -0.4 is 0 Å². The topological polar surface area (TPSA) is 93.9 Å². The van der Waals surface area contributed by atoms with E-state index in [1.807, 2.05) is 0 Å². The van der Waals surface area contributed by atoms with Crippen LogP contribution in [0.5, 0.6) is 23.0 Å². The summed E-state index contributed by atoms with van der Waals surface area (Å²) in [4.78, 5) is 9.95. The van der Waals surface area contributed by atoms with Crippen LogP contribution in [0.25, 0.3) is 0 Å². The van der Waals surface area contributed by atoms with Gasteiger partial charge in [0.15, 0.2) is 0 Å². The number of aromatic hydroxyl groups is 4. The summed E-state index contributed by atoms with van der Waals surface area (Å²) in [6.07, 6.45) is 9.84. The van der Waals surface area contributed by atoms with E-state index in [0.29, 0.717) is 25.7 Å². The number of benzene rings is 4. The molecule has 8 nitrogen and oxygen atoms in total. The van der Waals surface area contributed by atoms with Gasteiger partial charge in [0.25, 0.3) is 0 Å². The highest BCUT2D eigenvalue weighted by molar-refractivity contribution is 5.57. The van der Waals surface area contributed by atoms with Gasteiger partial charge in [0.1, 0.15) is 23.0 Å². The smallest absolute Gasteiger partial charge is 0.122 e. The first-order valence-corrected chi connectivity index (χ1v) is 25.2. The summed E-state index contributed by atoms with van der Waals surface area (Å²) < 4.78 is 0. The predicted octanol–water partition coefficient (Wildman–Crippen LogP) is 11.7. The number of phenolic OH excluding ortho intramolecular Hbond substituents is 4. The van der Waals surface area contributed by atoms with Crippen LogP contribution in [0.3, 0.4) is 0 Å². The van der Waals surface area contributed by atoms with Crippen molar-refractivity contribution in [2.75, 3.05) is 52.4 Å². The van der Waals surface area contributed by atoms with Gasteiger partial charge in [-0.15, -0.1) is 0 Å². The average Bonchev–Trinajstić information content (AvgIpc) is 3.24. The van der Waals surface area contributed by atoms with Crippen molar-refractivity contribution in [2.45, 2.75) is 159 Å². The van der Waals surface area contributed by atoms with Crippen LogP contribution in [0.1, 0.15) is 174 Å². The zero-order chi connectivity index (χ0) is 46.2. The molecular formula is C56H84N4O4. The molecule has 4 aromatic rings. The number of nitrogens with zero attached hydrogens (tertiary/aromatic N) is 4. The second-order valence-corrected chi connectivity index (χ2v) is 18.9. The van der Waals surface area contributed by atoms with Crippen LogP contribution in [-0.2, 0) is 51.9 Å². The van der Waals surface area contributed by atoms with Gasteiger partial charge < -0.3 is 20.4 Å². The molecule has 8 heteroatoms. The summed E-state index contributed by atoms with van der Waals surface area (Å²) in [6.45, 7) is 28.7. The molecule has 0 atom stereocenters. The minimum atomic E-state index is 0.222. The SMILES string of the molecule is CCCN(CCC)Cc1cc2c(O)c(c1)Cc1cc(CN(CCC)CCC)cc(c1O)Cc1cc(CN(CCC)CCC)cc(c1O)Cc1cc(CN(CCC)CCC)cc(c1O)C2. The highest BCUT2D eigenvalue weighted by atomic mass is 16.3. The minimum absolute atomic E-state index is 0.222. The van der Waals surface area contributed by atoms with Gasteiger partial charge in [0, 0.05) is 51.9 Å². The molecule has 0 amide bonds. The van der Waals surface area contributed by atoms with E-state index in [1.165, 1.54) is 0 Å². The molecule has 0 aliphatic heterocycles. The molecule has 0 saturated heterocycles. The lowest BCUT2D eigenvalue weighted by Gasteiger charge is -2.25. The highest BCUT2D eigenvalue weighted by Gasteiger charge is 2.23. The van der Waals surface area contributed by atoms with Crippen molar-refractivity contribution in [3.05, 3.63) is 115 Å². The van der Waals surface area contributed by atoms with E-state index in [2.05, 4.69) is 124 Å². The molecule has 0 unspecified atom stereocenters. The van der Waals surface area contributed by atoms with E-state index in [0.717, 1.165) is 197 Å². The first-order chi connectivity index (χ1) is 31.0. The van der Waals surface area contributed by atoms with Crippen molar-refractivity contribution in [1.82, 2.24) is 19.6 Å². The van der Waals surface area contributed by atoms with Crippen molar-refractivity contribution in [3.63, 3.8) is 0 Å². The van der Waals surface area contributed by atoms with Crippen LogP contribution >= 0.6 is 0 Å². The van der Waals surface area contributed by atoms with Crippen LogP contribution in [-0.4, -0.2) is 92.4 Å². The van der Waals surface area contributed by atoms with Crippen molar-refractivity contribution in [2.24, 2.45) is 0 Å². The number of hydrogen-bond donors (Lipinski definition) is 4. The van der Waals surface area contributed by atoms with Gasteiger partial charge in [-0.2, -0.15) is 0 Å². The molecule has 0 aromatic heterocycles. The van der Waals surface area contributed by atoms with Crippen molar-refractivity contribution in [1.29, 1.82) is 0 Å². The summed E-state index contributed by atoms with van der Waals surface area (Å²) in [7, 11) is 0. The Kier molecular flexibility index (Phi) is 20.3. The highest BCUT2D eigenvalue weighted by Crippen LogP contribution is 2.40. The Morgan fingerprint density at radius 3 is 0.547 bits per heavy atom. The van der Waals surface area contributed by atoms with Gasteiger partial charge >= 0.3 is 0 Å². The fourth-order valence-electron chi connectivity index (χ4n) is 10.2. The van der Waals surface area contributed by atoms with Gasteiger partial charge in [-0.1, -0.05) is 104 Å². The lowest BCUT2D eigenvalue weighted by atomic mass is 9.88. The third kappa shape index (κ3) is 14.0. The molecule has 352 valence electrons. The molecule has 0 saturated carbocycles. The number of phenols is 4. The maximum Gasteiger partial charge on any atom is 0.122 e. The molecule has 0 fully saturated rings. The number of fused-ring (bicyclic) bond motifs is 8. The normalized spacial score (nSPS) is 12.9. The lowest BCUT2D eigenvalue weighted by Crippen LogP contribution is -2.25. The molecule has 0 spiro atoms. The van der Waals surface area contributed by atoms with Crippen LogP contribution in [0.4, 0.5) is 0 Å². The lowest BCUT2D eigenvalue weighted by molar-refractivity contribution is 0.266. The molecule has 8 bridgehead atoms. The van der Waals surface area contributed by atoms with Gasteiger partial charge in [-0.05, 0) is 170 Å². The summed E-state index contributed by atoms with van der Waals surface area (Å²) in [5.74, 6) is 0.887. The number of hydrogen-bond acceptors (Lipinski definition) is 8. The Morgan fingerprint density at radius 1 is 0.281 bits per heavy atom. The fraction of sp³-hybridized carbons (Fsp3) is 0.571. The van der Waals surface area contributed by atoms with Crippen molar-refractivity contribution < 1.29 is 20.4 Å². The Hall–Kier alpha value is -4.08. The van der Waals surface area contributed by atoms with Gasteiger partial charge in [-0.3, -0.25) is 19.6 Å². The van der Waals surface area contributed by atoms with Gasteiger partial charge in [0.2, 0.25) is 0 Å². The first kappa shape index (κ1) is 50.9. The Labute approximate surface area is 387 Å². The van der Waals surface area contributed by atoms with E-state index in [9.17, 15) is 20.4 Å². The van der Waals surface area contributed by atoms with E-state index in [-0.39, 0.29) is 23.0 Å². The molecule has 5 rings (SSSR count). The summed E-state index contributed by atoms with van der Waals surface area (Å²) in [5, 5.41) is 49.5. The molecule has 0 radical (unpaired) electrons. The standard InChI is InChI=1S/C56H84N4O4/c1-9-17-57(18-10-2)37-41-25-45-33-47-27-42(38-58(19-11-3)20-12-4)29-49(54(47)62)35-51-31-44(40-60(23-15-7)24-16-8)32-52(56(51)64)36-50-30-43(39-59(21-13-5)22-14-6)28-48(55(50)63)34-46(26-41)53(45)61/h25-32,61-64H,9-24,33-40H2,1-8H3. The van der Waals surface area contributed by atoms with Crippen LogP contribution in [0.15, 0.2) is 48.5 Å². The minimum Gasteiger partial charge on any atom is -0.507 e. The van der Waals surface area contributed by atoms with E-state index in [4.69, 9.17) is 0 Å². The van der Waals surface area contributed by atoms with Crippen LogP contribution in [0.2, 0.25) is 0 Å². The largest absolute Gasteiger partial charge is 0.507 e. The Balaban J connectivity index is 1.79. The first-order valence-electron chi connectivity index (χ1n) is 25.2. The van der Waals surface area contributed by atoms with Crippen molar-refractivity contribution >= 4 is 0 Å². The molecule has 4 N–H and O–H groups in total. The predicted molar refractivity (Wildman–Crippen MR) is 267 cm³/mol. The average molecular weight is 877 g/mol. The second-order valence-electron chi connectivity index (χ2n) is 18.9.